The first-order valence-corrected chi connectivity index (χ1v) is 7.82. The van der Waals surface area contributed by atoms with Gasteiger partial charge >= 0.3 is 0 Å². The number of thiophene rings is 1. The predicted molar refractivity (Wildman–Crippen MR) is 86.3 cm³/mol. The molecule has 1 N–H and O–H groups in total. The van der Waals surface area contributed by atoms with Crippen LogP contribution in [-0.2, 0) is 0 Å². The van der Waals surface area contributed by atoms with Crippen LogP contribution in [0, 0.1) is 12.7 Å². The minimum absolute atomic E-state index is 0.285. The van der Waals surface area contributed by atoms with E-state index in [1.54, 1.807) is 6.07 Å². The zero-order valence-corrected chi connectivity index (χ0v) is 12.8. The van der Waals surface area contributed by atoms with Crippen molar-refractivity contribution in [3.63, 3.8) is 0 Å². The normalized spacial score (nSPS) is 11.0. The number of benzene rings is 1. The van der Waals surface area contributed by atoms with Crippen LogP contribution in [0.3, 0.4) is 0 Å². The molecule has 0 aliphatic rings. The number of rotatable bonds is 4. The van der Waals surface area contributed by atoms with Gasteiger partial charge in [0.05, 0.1) is 10.9 Å². The Morgan fingerprint density at radius 1 is 1.24 bits per heavy atom. The smallest absolute Gasteiger partial charge is 0.166 e. The molecule has 0 bridgehead atoms. The summed E-state index contributed by atoms with van der Waals surface area (Å²) in [5.41, 5.74) is 1.33. The molecule has 0 spiro atoms. The molecule has 0 atom stereocenters. The number of anilines is 1. The first-order valence-electron chi connectivity index (χ1n) is 6.94. The van der Waals surface area contributed by atoms with Crippen LogP contribution in [-0.4, -0.2) is 16.5 Å². The molecule has 1 aromatic carbocycles. The van der Waals surface area contributed by atoms with Crippen LogP contribution in [0.1, 0.15) is 18.9 Å². The number of aromatic nitrogens is 2. The van der Waals surface area contributed by atoms with E-state index in [0.29, 0.717) is 11.4 Å². The Kier molecular flexibility index (Phi) is 3.84. The van der Waals surface area contributed by atoms with E-state index in [4.69, 9.17) is 0 Å². The zero-order chi connectivity index (χ0) is 14.8. The van der Waals surface area contributed by atoms with Gasteiger partial charge in [0.1, 0.15) is 16.5 Å². The lowest BCUT2D eigenvalue weighted by molar-refractivity contribution is 0.629. The molecule has 21 heavy (non-hydrogen) atoms. The van der Waals surface area contributed by atoms with Crippen molar-refractivity contribution in [1.82, 2.24) is 9.97 Å². The lowest BCUT2D eigenvalue weighted by Gasteiger charge is -2.09. The molecule has 3 aromatic rings. The van der Waals surface area contributed by atoms with Gasteiger partial charge < -0.3 is 5.32 Å². The van der Waals surface area contributed by atoms with E-state index in [1.165, 1.54) is 17.4 Å². The van der Waals surface area contributed by atoms with Crippen molar-refractivity contribution in [2.24, 2.45) is 0 Å². The Hall–Kier alpha value is -2.01. The second-order valence-electron chi connectivity index (χ2n) is 4.95. The number of fused-ring (bicyclic) bond motifs is 1. The quantitative estimate of drug-likeness (QED) is 0.763. The van der Waals surface area contributed by atoms with Crippen LogP contribution < -0.4 is 5.32 Å². The molecule has 0 saturated carbocycles. The van der Waals surface area contributed by atoms with E-state index in [-0.39, 0.29) is 5.82 Å². The van der Waals surface area contributed by atoms with Gasteiger partial charge in [0, 0.05) is 6.54 Å². The summed E-state index contributed by atoms with van der Waals surface area (Å²) < 4.78 is 14.1. The number of hydrogen-bond donors (Lipinski definition) is 1. The summed E-state index contributed by atoms with van der Waals surface area (Å²) in [6.07, 6.45) is 1.00. The molecule has 0 amide bonds. The highest BCUT2D eigenvalue weighted by atomic mass is 32.1. The minimum Gasteiger partial charge on any atom is -0.369 e. The summed E-state index contributed by atoms with van der Waals surface area (Å²) in [5, 5.41) is 6.27. The maximum Gasteiger partial charge on any atom is 0.166 e. The average Bonchev–Trinajstić information content (AvgIpc) is 2.93. The molecule has 0 fully saturated rings. The van der Waals surface area contributed by atoms with E-state index >= 15 is 0 Å². The van der Waals surface area contributed by atoms with Crippen LogP contribution in [0.5, 0.6) is 0 Å². The molecule has 3 rings (SSSR count). The highest BCUT2D eigenvalue weighted by Crippen LogP contribution is 2.29. The van der Waals surface area contributed by atoms with E-state index in [0.717, 1.165) is 34.6 Å². The van der Waals surface area contributed by atoms with Gasteiger partial charge in [0.15, 0.2) is 5.82 Å². The molecule has 2 aromatic heterocycles. The fourth-order valence-electron chi connectivity index (χ4n) is 2.16. The van der Waals surface area contributed by atoms with Crippen molar-refractivity contribution in [3.8, 4) is 11.4 Å². The van der Waals surface area contributed by atoms with Gasteiger partial charge in [-0.15, -0.1) is 11.3 Å². The third kappa shape index (κ3) is 2.74. The standard InChI is InChI=1S/C16H16FN3S/c1-3-7-18-14-12-6-8-21-16(12)20-15(19-14)11-5-4-10(2)9-13(11)17/h4-6,8-9H,3,7H2,1-2H3,(H,18,19,20). The van der Waals surface area contributed by atoms with Crippen LogP contribution in [0.4, 0.5) is 10.2 Å². The van der Waals surface area contributed by atoms with Gasteiger partial charge in [-0.25, -0.2) is 14.4 Å². The molecule has 0 saturated heterocycles. The number of aryl methyl sites for hydroxylation is 1. The van der Waals surface area contributed by atoms with Crippen molar-refractivity contribution in [1.29, 1.82) is 0 Å². The molecule has 3 nitrogen and oxygen atoms in total. The third-order valence-corrected chi connectivity index (χ3v) is 4.04. The lowest BCUT2D eigenvalue weighted by atomic mass is 10.1. The van der Waals surface area contributed by atoms with Gasteiger partial charge in [0.2, 0.25) is 0 Å². The van der Waals surface area contributed by atoms with Crippen LogP contribution in [0.15, 0.2) is 29.6 Å². The Bertz CT molecular complexity index is 782. The predicted octanol–water partition coefficient (Wildman–Crippen LogP) is 4.63. The first kappa shape index (κ1) is 13.9. The Balaban J connectivity index is 2.13. The van der Waals surface area contributed by atoms with Crippen molar-refractivity contribution in [3.05, 3.63) is 41.0 Å². The number of hydrogen-bond acceptors (Lipinski definition) is 4. The van der Waals surface area contributed by atoms with Crippen LogP contribution >= 0.6 is 11.3 Å². The van der Waals surface area contributed by atoms with Gasteiger partial charge in [0.25, 0.3) is 0 Å². The number of nitrogens with one attached hydrogen (secondary N) is 1. The second-order valence-corrected chi connectivity index (χ2v) is 5.84. The van der Waals surface area contributed by atoms with Crippen molar-refractivity contribution < 1.29 is 4.39 Å². The Morgan fingerprint density at radius 3 is 2.86 bits per heavy atom. The second kappa shape index (κ2) is 5.77. The maximum absolute atomic E-state index is 14.1. The summed E-state index contributed by atoms with van der Waals surface area (Å²) in [4.78, 5) is 9.88. The molecular formula is C16H16FN3S. The molecule has 108 valence electrons. The van der Waals surface area contributed by atoms with Gasteiger partial charge in [-0.05, 0) is 42.5 Å². The number of halogens is 1. The van der Waals surface area contributed by atoms with Crippen molar-refractivity contribution in [2.75, 3.05) is 11.9 Å². The number of nitrogens with zero attached hydrogens (tertiary/aromatic N) is 2. The summed E-state index contributed by atoms with van der Waals surface area (Å²) in [6, 6.07) is 7.12. The molecule has 0 aliphatic carbocycles. The maximum atomic E-state index is 14.1. The molecule has 0 aliphatic heterocycles. The molecule has 2 heterocycles. The van der Waals surface area contributed by atoms with Crippen molar-refractivity contribution >= 4 is 27.4 Å². The van der Waals surface area contributed by atoms with Gasteiger partial charge in [-0.2, -0.15) is 0 Å². The first-order chi connectivity index (χ1) is 10.2. The fraction of sp³-hybridized carbons (Fsp3) is 0.250. The third-order valence-electron chi connectivity index (χ3n) is 3.23. The minimum atomic E-state index is -0.285. The molecular weight excluding hydrogens is 285 g/mol. The van der Waals surface area contributed by atoms with Crippen molar-refractivity contribution in [2.45, 2.75) is 20.3 Å². The monoisotopic (exact) mass is 301 g/mol. The van der Waals surface area contributed by atoms with Gasteiger partial charge in [-0.1, -0.05) is 13.0 Å². The topological polar surface area (TPSA) is 37.8 Å². The van der Waals surface area contributed by atoms with E-state index in [1.807, 2.05) is 24.4 Å². The summed E-state index contributed by atoms with van der Waals surface area (Å²) in [5.74, 6) is 0.923. The highest BCUT2D eigenvalue weighted by Gasteiger charge is 2.13. The van der Waals surface area contributed by atoms with E-state index in [2.05, 4.69) is 22.2 Å². The summed E-state index contributed by atoms with van der Waals surface area (Å²) in [7, 11) is 0. The van der Waals surface area contributed by atoms with E-state index < -0.39 is 0 Å². The lowest BCUT2D eigenvalue weighted by Crippen LogP contribution is -2.04. The van der Waals surface area contributed by atoms with E-state index in [9.17, 15) is 4.39 Å². The SMILES string of the molecule is CCCNc1nc(-c2ccc(C)cc2F)nc2sccc12. The molecule has 0 unspecified atom stereocenters. The summed E-state index contributed by atoms with van der Waals surface area (Å²) >= 11 is 1.54. The Labute approximate surface area is 126 Å². The Morgan fingerprint density at radius 2 is 2.10 bits per heavy atom. The van der Waals surface area contributed by atoms with Crippen LogP contribution in [0.25, 0.3) is 21.6 Å². The fourth-order valence-corrected chi connectivity index (χ4v) is 2.92. The zero-order valence-electron chi connectivity index (χ0n) is 12.0. The summed E-state index contributed by atoms with van der Waals surface area (Å²) in [6.45, 7) is 4.79. The van der Waals surface area contributed by atoms with Crippen LogP contribution in [0.2, 0.25) is 0 Å². The molecule has 0 radical (unpaired) electrons. The highest BCUT2D eigenvalue weighted by molar-refractivity contribution is 7.16. The molecule has 5 heteroatoms. The largest absolute Gasteiger partial charge is 0.369 e. The van der Waals surface area contributed by atoms with Gasteiger partial charge in [-0.3, -0.25) is 0 Å². The average molecular weight is 301 g/mol.